The van der Waals surface area contributed by atoms with Gasteiger partial charge in [-0.15, -0.1) is 0 Å². The number of ketones is 1. The van der Waals surface area contributed by atoms with Gasteiger partial charge in [0.1, 0.15) is 17.1 Å². The van der Waals surface area contributed by atoms with Crippen LogP contribution in [0.3, 0.4) is 0 Å². The molecule has 2 atom stereocenters. The Morgan fingerprint density at radius 2 is 2.00 bits per heavy atom. The van der Waals surface area contributed by atoms with Crippen LogP contribution in [0.25, 0.3) is 11.2 Å². The number of piperidine rings is 1. The van der Waals surface area contributed by atoms with E-state index in [4.69, 9.17) is 38.3 Å². The Bertz CT molecular complexity index is 1220. The third-order valence-electron chi connectivity index (χ3n) is 7.23. The lowest BCUT2D eigenvalue weighted by atomic mass is 9.80. The largest absolute Gasteiger partial charge is 0.355 e. The molecule has 0 amide bonds. The number of hydrogen-bond donors (Lipinski definition) is 0. The summed E-state index contributed by atoms with van der Waals surface area (Å²) in [6.45, 7) is 10.3. The van der Waals surface area contributed by atoms with Crippen LogP contribution in [0.5, 0.6) is 0 Å². The number of aromatic nitrogens is 4. The van der Waals surface area contributed by atoms with Gasteiger partial charge in [-0.3, -0.25) is 9.69 Å². The van der Waals surface area contributed by atoms with E-state index in [0.717, 1.165) is 54.4 Å². The number of carbonyl (C=O) groups excluding carboxylic acids is 1. The molecule has 0 spiro atoms. The maximum Gasteiger partial charge on any atom is 0.179 e. The van der Waals surface area contributed by atoms with Gasteiger partial charge in [-0.1, -0.05) is 29.3 Å². The van der Waals surface area contributed by atoms with Crippen LogP contribution >= 0.6 is 23.2 Å². The zero-order chi connectivity index (χ0) is 24.0. The molecule has 180 valence electrons. The first-order valence-electron chi connectivity index (χ1n) is 11.9. The van der Waals surface area contributed by atoms with Crippen LogP contribution in [0.2, 0.25) is 10.0 Å². The molecule has 0 saturated carbocycles. The quantitative estimate of drug-likeness (QED) is 0.484. The topological polar surface area (TPSA) is 67.2 Å². The number of likely N-dealkylation sites (tertiary alicyclic amines) is 1. The third kappa shape index (κ3) is 4.53. The van der Waals surface area contributed by atoms with Crippen molar-refractivity contribution in [2.75, 3.05) is 37.6 Å². The fraction of sp³-hybridized carbons (Fsp3) is 0.520. The molecule has 0 N–H and O–H groups in total. The highest BCUT2D eigenvalue weighted by Crippen LogP contribution is 2.35. The summed E-state index contributed by atoms with van der Waals surface area (Å²) in [5.74, 6) is 2.41. The average molecular weight is 501 g/mol. The van der Waals surface area contributed by atoms with E-state index in [2.05, 4.69) is 16.7 Å². The molecule has 4 heterocycles. The van der Waals surface area contributed by atoms with Crippen molar-refractivity contribution < 1.29 is 4.79 Å². The predicted octanol–water partition coefficient (Wildman–Crippen LogP) is 4.79. The lowest BCUT2D eigenvalue weighted by Crippen LogP contribution is -2.54. The lowest BCUT2D eigenvalue weighted by molar-refractivity contribution is -0.118. The second kappa shape index (κ2) is 9.44. The van der Waals surface area contributed by atoms with Gasteiger partial charge in [0.05, 0.1) is 24.5 Å². The molecule has 2 fully saturated rings. The molecule has 9 heteroatoms. The standard InChI is InChI=1S/C25H30Cl2N6O/c1-15(34)11-31-8-4-5-18(12-31)19-13-32(14-19)23-10-28-24-16(2)30-33(25(24)29-23)17(3)21-7-6-20(26)9-22(21)27/h6-7,9-10,17-19H,4-5,8,11-14H2,1-3H3/t17-,18+/m1/s1. The minimum absolute atomic E-state index is 0.107. The third-order valence-corrected chi connectivity index (χ3v) is 7.79. The van der Waals surface area contributed by atoms with E-state index in [1.165, 1.54) is 12.8 Å². The Balaban J connectivity index is 1.33. The fourth-order valence-corrected chi connectivity index (χ4v) is 5.93. The van der Waals surface area contributed by atoms with Gasteiger partial charge in [0.2, 0.25) is 0 Å². The highest BCUT2D eigenvalue weighted by atomic mass is 35.5. The number of fused-ring (bicyclic) bond motifs is 1. The van der Waals surface area contributed by atoms with Crippen LogP contribution in [0, 0.1) is 18.8 Å². The summed E-state index contributed by atoms with van der Waals surface area (Å²) in [7, 11) is 0. The lowest BCUT2D eigenvalue weighted by Gasteiger charge is -2.46. The zero-order valence-corrected chi connectivity index (χ0v) is 21.4. The molecule has 0 unspecified atom stereocenters. The van der Waals surface area contributed by atoms with Gasteiger partial charge in [-0.25, -0.2) is 14.6 Å². The minimum Gasteiger partial charge on any atom is -0.355 e. The molecular formula is C25H30Cl2N6O. The number of halogens is 2. The van der Waals surface area contributed by atoms with Gasteiger partial charge < -0.3 is 4.90 Å². The molecule has 3 aromatic rings. The van der Waals surface area contributed by atoms with Crippen molar-refractivity contribution in [1.29, 1.82) is 0 Å². The van der Waals surface area contributed by atoms with Crippen molar-refractivity contribution in [3.05, 3.63) is 45.7 Å². The van der Waals surface area contributed by atoms with E-state index in [0.29, 0.717) is 28.4 Å². The van der Waals surface area contributed by atoms with Gasteiger partial charge in [-0.2, -0.15) is 5.10 Å². The first-order valence-corrected chi connectivity index (χ1v) is 12.7. The number of rotatable bonds is 6. The monoisotopic (exact) mass is 500 g/mol. The SMILES string of the molecule is CC(=O)CN1CCC[C@H](C2CN(c3cnc4c(C)nn([C@H](C)c5ccc(Cl)cc5Cl)c4n3)C2)C1. The molecule has 34 heavy (non-hydrogen) atoms. The second-order valence-electron chi connectivity index (χ2n) is 9.78. The molecule has 1 aromatic carbocycles. The number of benzene rings is 1. The van der Waals surface area contributed by atoms with Gasteiger partial charge in [0.15, 0.2) is 5.65 Å². The van der Waals surface area contributed by atoms with Crippen molar-refractivity contribution >= 4 is 46.0 Å². The van der Waals surface area contributed by atoms with E-state index in [9.17, 15) is 4.79 Å². The molecule has 2 aliphatic rings. The Hall–Kier alpha value is -2.22. The maximum absolute atomic E-state index is 11.5. The number of aryl methyl sites for hydroxylation is 1. The van der Waals surface area contributed by atoms with Crippen LogP contribution in [0.15, 0.2) is 24.4 Å². The van der Waals surface area contributed by atoms with E-state index in [-0.39, 0.29) is 11.8 Å². The van der Waals surface area contributed by atoms with Crippen LogP contribution < -0.4 is 4.90 Å². The van der Waals surface area contributed by atoms with Crippen molar-refractivity contribution in [3.63, 3.8) is 0 Å². The number of carbonyl (C=O) groups is 1. The van der Waals surface area contributed by atoms with Crippen molar-refractivity contribution in [2.45, 2.75) is 39.7 Å². The first kappa shape index (κ1) is 23.5. The van der Waals surface area contributed by atoms with Crippen molar-refractivity contribution in [3.8, 4) is 0 Å². The summed E-state index contributed by atoms with van der Waals surface area (Å²) in [5.41, 5.74) is 3.37. The summed E-state index contributed by atoms with van der Waals surface area (Å²) in [6, 6.07) is 5.43. The first-order chi connectivity index (χ1) is 16.3. The number of nitrogens with zero attached hydrogens (tertiary/aromatic N) is 6. The Kier molecular flexibility index (Phi) is 6.53. The highest BCUT2D eigenvalue weighted by Gasteiger charge is 2.37. The summed E-state index contributed by atoms with van der Waals surface area (Å²) in [6.07, 6.45) is 4.27. The van der Waals surface area contributed by atoms with Crippen molar-refractivity contribution in [1.82, 2.24) is 24.6 Å². The fourth-order valence-electron chi connectivity index (χ4n) is 5.37. The smallest absolute Gasteiger partial charge is 0.179 e. The molecule has 2 aromatic heterocycles. The van der Waals surface area contributed by atoms with Gasteiger partial charge in [-0.05, 0) is 69.7 Å². The van der Waals surface area contributed by atoms with Crippen LogP contribution in [-0.4, -0.2) is 63.2 Å². The van der Waals surface area contributed by atoms with Crippen LogP contribution in [-0.2, 0) is 4.79 Å². The van der Waals surface area contributed by atoms with E-state index >= 15 is 0 Å². The van der Waals surface area contributed by atoms with E-state index in [1.54, 1.807) is 13.0 Å². The Morgan fingerprint density at radius 3 is 2.74 bits per heavy atom. The van der Waals surface area contributed by atoms with Crippen LogP contribution in [0.4, 0.5) is 5.82 Å². The van der Waals surface area contributed by atoms with Gasteiger partial charge in [0, 0.05) is 29.7 Å². The molecule has 0 radical (unpaired) electrons. The Morgan fingerprint density at radius 1 is 1.21 bits per heavy atom. The number of Topliss-reactive ketones (excluding diaryl/α,β-unsaturated/α-hetero) is 1. The second-order valence-corrected chi connectivity index (χ2v) is 10.6. The number of anilines is 1. The molecular weight excluding hydrogens is 471 g/mol. The van der Waals surface area contributed by atoms with Gasteiger partial charge >= 0.3 is 0 Å². The van der Waals surface area contributed by atoms with E-state index < -0.39 is 0 Å². The molecule has 2 saturated heterocycles. The molecule has 5 rings (SSSR count). The average Bonchev–Trinajstić information content (AvgIpc) is 3.08. The summed E-state index contributed by atoms with van der Waals surface area (Å²) in [5, 5.41) is 5.97. The van der Waals surface area contributed by atoms with Gasteiger partial charge in [0.25, 0.3) is 0 Å². The molecule has 7 nitrogen and oxygen atoms in total. The minimum atomic E-state index is -0.107. The maximum atomic E-state index is 11.5. The summed E-state index contributed by atoms with van der Waals surface area (Å²) in [4.78, 5) is 25.8. The molecule has 0 aliphatic carbocycles. The van der Waals surface area contributed by atoms with Crippen molar-refractivity contribution in [2.24, 2.45) is 11.8 Å². The van der Waals surface area contributed by atoms with Crippen LogP contribution in [0.1, 0.15) is 44.0 Å². The van der Waals surface area contributed by atoms with E-state index in [1.807, 2.05) is 29.9 Å². The highest BCUT2D eigenvalue weighted by molar-refractivity contribution is 6.35. The number of hydrogen-bond acceptors (Lipinski definition) is 6. The predicted molar refractivity (Wildman–Crippen MR) is 136 cm³/mol. The Labute approximate surface area is 210 Å². The zero-order valence-electron chi connectivity index (χ0n) is 19.8. The molecule has 2 aliphatic heterocycles. The molecule has 0 bridgehead atoms. The normalized spacial score (nSPS) is 20.5. The summed E-state index contributed by atoms with van der Waals surface area (Å²) < 4.78 is 1.91. The summed E-state index contributed by atoms with van der Waals surface area (Å²) >= 11 is 12.6.